The quantitative estimate of drug-likeness (QED) is 0.906. The molecule has 16 heavy (non-hydrogen) atoms. The molecule has 84 valence electrons. The first-order valence-electron chi connectivity index (χ1n) is 5.16. The minimum Gasteiger partial charge on any atom is -0.330 e. The number of nitrogens with zero attached hydrogens (tertiary/aromatic N) is 1. The average Bonchev–Trinajstić information content (AvgIpc) is 2.75. The summed E-state index contributed by atoms with van der Waals surface area (Å²) >= 11 is 3.47. The summed E-state index contributed by atoms with van der Waals surface area (Å²) in [4.78, 5) is 4.49. The molecule has 0 aliphatic rings. The van der Waals surface area contributed by atoms with Crippen LogP contribution in [0.2, 0.25) is 0 Å². The SMILES string of the molecule is Cc1cc(CCN)cnc1Sc1cccs1. The summed E-state index contributed by atoms with van der Waals surface area (Å²) in [6.07, 6.45) is 2.83. The van der Waals surface area contributed by atoms with Crippen molar-refractivity contribution in [3.05, 3.63) is 40.9 Å². The third-order valence-corrected chi connectivity index (χ3v) is 4.37. The second-order valence-corrected chi connectivity index (χ2v) is 5.78. The van der Waals surface area contributed by atoms with Crippen LogP contribution in [-0.4, -0.2) is 11.5 Å². The largest absolute Gasteiger partial charge is 0.330 e. The van der Waals surface area contributed by atoms with Gasteiger partial charge in [-0.1, -0.05) is 23.9 Å². The highest BCUT2D eigenvalue weighted by molar-refractivity contribution is 8.01. The van der Waals surface area contributed by atoms with E-state index in [4.69, 9.17) is 5.73 Å². The molecule has 2 aromatic heterocycles. The Morgan fingerprint density at radius 1 is 1.50 bits per heavy atom. The van der Waals surface area contributed by atoms with Gasteiger partial charge in [0.25, 0.3) is 0 Å². The molecule has 2 heterocycles. The molecule has 2 N–H and O–H groups in total. The summed E-state index contributed by atoms with van der Waals surface area (Å²) in [5.41, 5.74) is 7.97. The molecule has 0 aliphatic heterocycles. The Kier molecular flexibility index (Phi) is 3.98. The van der Waals surface area contributed by atoms with Gasteiger partial charge in [-0.15, -0.1) is 11.3 Å². The minimum atomic E-state index is 0.679. The van der Waals surface area contributed by atoms with Gasteiger partial charge in [-0.3, -0.25) is 0 Å². The molecule has 0 amide bonds. The monoisotopic (exact) mass is 250 g/mol. The third-order valence-electron chi connectivity index (χ3n) is 2.21. The van der Waals surface area contributed by atoms with E-state index in [1.165, 1.54) is 15.3 Å². The van der Waals surface area contributed by atoms with Crippen molar-refractivity contribution in [2.75, 3.05) is 6.54 Å². The zero-order valence-electron chi connectivity index (χ0n) is 9.14. The number of thiophene rings is 1. The van der Waals surface area contributed by atoms with Crippen LogP contribution in [0, 0.1) is 6.92 Å². The molecule has 0 aromatic carbocycles. The molecule has 2 aromatic rings. The van der Waals surface area contributed by atoms with Gasteiger partial charge in [0.2, 0.25) is 0 Å². The van der Waals surface area contributed by atoms with Crippen LogP contribution in [0.15, 0.2) is 39.0 Å². The number of pyridine rings is 1. The zero-order chi connectivity index (χ0) is 11.4. The van der Waals surface area contributed by atoms with Crippen LogP contribution in [-0.2, 0) is 6.42 Å². The van der Waals surface area contributed by atoms with Gasteiger partial charge in [0, 0.05) is 6.20 Å². The number of aromatic nitrogens is 1. The number of hydrogen-bond donors (Lipinski definition) is 1. The molecule has 0 saturated heterocycles. The molecule has 0 aliphatic carbocycles. The van der Waals surface area contributed by atoms with Gasteiger partial charge in [0.1, 0.15) is 5.03 Å². The second-order valence-electron chi connectivity index (χ2n) is 3.54. The standard InChI is InChI=1S/C12H14N2S2/c1-9-7-10(4-5-13)8-14-12(9)16-11-3-2-6-15-11/h2-3,6-8H,4-5,13H2,1H3. The molecular formula is C12H14N2S2. The van der Waals surface area contributed by atoms with Crippen molar-refractivity contribution in [1.82, 2.24) is 4.98 Å². The summed E-state index contributed by atoms with van der Waals surface area (Å²) in [5, 5.41) is 3.17. The molecule has 2 nitrogen and oxygen atoms in total. The molecule has 0 saturated carbocycles. The van der Waals surface area contributed by atoms with Crippen LogP contribution in [0.3, 0.4) is 0 Å². The van der Waals surface area contributed by atoms with E-state index in [0.29, 0.717) is 6.54 Å². The van der Waals surface area contributed by atoms with Crippen molar-refractivity contribution in [2.45, 2.75) is 22.6 Å². The molecular weight excluding hydrogens is 236 g/mol. The van der Waals surface area contributed by atoms with Crippen LogP contribution in [0.1, 0.15) is 11.1 Å². The molecule has 0 atom stereocenters. The Hall–Kier alpha value is -0.840. The van der Waals surface area contributed by atoms with E-state index in [0.717, 1.165) is 11.4 Å². The van der Waals surface area contributed by atoms with Crippen LogP contribution in [0.5, 0.6) is 0 Å². The van der Waals surface area contributed by atoms with Crippen molar-refractivity contribution in [2.24, 2.45) is 5.73 Å². The topological polar surface area (TPSA) is 38.9 Å². The number of rotatable bonds is 4. The lowest BCUT2D eigenvalue weighted by molar-refractivity contribution is 0.936. The van der Waals surface area contributed by atoms with Crippen LogP contribution < -0.4 is 5.73 Å². The van der Waals surface area contributed by atoms with Gasteiger partial charge >= 0.3 is 0 Å². The van der Waals surface area contributed by atoms with Crippen molar-refractivity contribution < 1.29 is 0 Å². The summed E-state index contributed by atoms with van der Waals surface area (Å²) in [7, 11) is 0. The maximum absolute atomic E-state index is 5.53. The maximum atomic E-state index is 5.53. The average molecular weight is 250 g/mol. The highest BCUT2D eigenvalue weighted by atomic mass is 32.2. The minimum absolute atomic E-state index is 0.679. The van der Waals surface area contributed by atoms with Gasteiger partial charge in [-0.05, 0) is 42.5 Å². The Morgan fingerprint density at radius 3 is 3.00 bits per heavy atom. The van der Waals surface area contributed by atoms with Crippen LogP contribution in [0.4, 0.5) is 0 Å². The van der Waals surface area contributed by atoms with E-state index < -0.39 is 0 Å². The summed E-state index contributed by atoms with van der Waals surface area (Å²) in [6, 6.07) is 6.35. The second kappa shape index (κ2) is 5.48. The van der Waals surface area contributed by atoms with Gasteiger partial charge < -0.3 is 5.73 Å². The van der Waals surface area contributed by atoms with E-state index >= 15 is 0 Å². The lowest BCUT2D eigenvalue weighted by Gasteiger charge is -2.05. The fourth-order valence-electron chi connectivity index (χ4n) is 1.45. The molecule has 2 rings (SSSR count). The Bertz CT molecular complexity index is 452. The highest BCUT2D eigenvalue weighted by Crippen LogP contribution is 2.31. The summed E-state index contributed by atoms with van der Waals surface area (Å²) < 4.78 is 1.28. The predicted octanol–water partition coefficient (Wildman–Crippen LogP) is 3.10. The highest BCUT2D eigenvalue weighted by Gasteiger charge is 2.04. The van der Waals surface area contributed by atoms with Crippen LogP contribution in [0.25, 0.3) is 0 Å². The van der Waals surface area contributed by atoms with Gasteiger partial charge in [-0.2, -0.15) is 0 Å². The van der Waals surface area contributed by atoms with Crippen LogP contribution >= 0.6 is 23.1 Å². The van der Waals surface area contributed by atoms with Gasteiger partial charge in [0.15, 0.2) is 0 Å². The fourth-order valence-corrected chi connectivity index (χ4v) is 3.15. The predicted molar refractivity (Wildman–Crippen MR) is 70.2 cm³/mol. The first-order chi connectivity index (χ1) is 7.79. The van der Waals surface area contributed by atoms with E-state index in [1.807, 2.05) is 6.20 Å². The third kappa shape index (κ3) is 2.84. The Morgan fingerprint density at radius 2 is 2.38 bits per heavy atom. The Labute approximate surface area is 104 Å². The fraction of sp³-hybridized carbons (Fsp3) is 0.250. The van der Waals surface area contributed by atoms with Gasteiger partial charge in [-0.25, -0.2) is 4.98 Å². The number of nitrogens with two attached hydrogens (primary N) is 1. The molecule has 0 fully saturated rings. The first kappa shape index (κ1) is 11.6. The van der Waals surface area contributed by atoms with Crippen molar-refractivity contribution in [3.8, 4) is 0 Å². The van der Waals surface area contributed by atoms with E-state index in [2.05, 4.69) is 35.5 Å². The number of hydrogen-bond acceptors (Lipinski definition) is 4. The van der Waals surface area contributed by atoms with E-state index in [1.54, 1.807) is 23.1 Å². The molecule has 0 bridgehead atoms. The van der Waals surface area contributed by atoms with E-state index in [9.17, 15) is 0 Å². The van der Waals surface area contributed by atoms with Crippen molar-refractivity contribution in [1.29, 1.82) is 0 Å². The smallest absolute Gasteiger partial charge is 0.104 e. The maximum Gasteiger partial charge on any atom is 0.104 e. The van der Waals surface area contributed by atoms with Crippen molar-refractivity contribution >= 4 is 23.1 Å². The van der Waals surface area contributed by atoms with Gasteiger partial charge in [0.05, 0.1) is 4.21 Å². The molecule has 0 radical (unpaired) electrons. The number of aryl methyl sites for hydroxylation is 1. The first-order valence-corrected chi connectivity index (χ1v) is 6.86. The lowest BCUT2D eigenvalue weighted by Crippen LogP contribution is -2.03. The normalized spacial score (nSPS) is 10.6. The molecule has 0 spiro atoms. The van der Waals surface area contributed by atoms with Crippen molar-refractivity contribution in [3.63, 3.8) is 0 Å². The summed E-state index contributed by atoms with van der Waals surface area (Å²) in [6.45, 7) is 2.78. The molecule has 0 unspecified atom stereocenters. The lowest BCUT2D eigenvalue weighted by atomic mass is 10.2. The summed E-state index contributed by atoms with van der Waals surface area (Å²) in [5.74, 6) is 0. The van der Waals surface area contributed by atoms with E-state index in [-0.39, 0.29) is 0 Å². The Balaban J connectivity index is 2.16. The molecule has 4 heteroatoms. The zero-order valence-corrected chi connectivity index (χ0v) is 10.8.